The van der Waals surface area contributed by atoms with E-state index in [2.05, 4.69) is 26.2 Å². The van der Waals surface area contributed by atoms with Crippen molar-refractivity contribution in [3.63, 3.8) is 0 Å². The van der Waals surface area contributed by atoms with Gasteiger partial charge in [0.15, 0.2) is 5.78 Å². The number of hydrogen-bond donors (Lipinski definition) is 1. The number of ether oxygens (including phenoxy) is 1. The molecule has 9 nitrogen and oxygen atoms in total. The number of hydrogen-bond acceptors (Lipinski definition) is 6. The highest BCUT2D eigenvalue weighted by Gasteiger charge is 2.40. The van der Waals surface area contributed by atoms with Crippen molar-refractivity contribution in [2.24, 2.45) is 0 Å². The van der Waals surface area contributed by atoms with Crippen LogP contribution in [0.15, 0.2) is 35.1 Å². The fourth-order valence-electron chi connectivity index (χ4n) is 3.34. The van der Waals surface area contributed by atoms with Crippen LogP contribution in [-0.2, 0) is 20.9 Å². The van der Waals surface area contributed by atoms with Crippen LogP contribution in [0, 0.1) is 0 Å². The van der Waals surface area contributed by atoms with Crippen LogP contribution in [0.1, 0.15) is 34.2 Å². The standard InChI is InChI=1S/C20H20BrFN4O5/c1-11(27)12-6-15(20(30)31-2)25(8-12)10-18(28)26-9-13(22)7-14(26)19(29)24-17-5-3-4-16(21)23-17/h3-6,8,13-14H,7,9-10H2,1-2H3,(H,23,24,29)/t13-,14+/m1/s1. The van der Waals surface area contributed by atoms with Crippen molar-refractivity contribution < 1.29 is 28.3 Å². The van der Waals surface area contributed by atoms with Gasteiger partial charge < -0.3 is 19.5 Å². The number of rotatable bonds is 6. The second kappa shape index (κ2) is 9.38. The summed E-state index contributed by atoms with van der Waals surface area (Å²) < 4.78 is 20.6. The summed E-state index contributed by atoms with van der Waals surface area (Å²) in [7, 11) is 1.18. The first-order valence-corrected chi connectivity index (χ1v) is 10.1. The van der Waals surface area contributed by atoms with Crippen LogP contribution >= 0.6 is 15.9 Å². The average Bonchev–Trinajstić information content (AvgIpc) is 3.31. The Morgan fingerprint density at radius 1 is 1.32 bits per heavy atom. The van der Waals surface area contributed by atoms with Gasteiger partial charge in [-0.2, -0.15) is 0 Å². The Morgan fingerprint density at radius 2 is 2.06 bits per heavy atom. The normalized spacial score (nSPS) is 18.0. The molecule has 1 aliphatic rings. The lowest BCUT2D eigenvalue weighted by atomic mass is 10.2. The maximum atomic E-state index is 14.1. The zero-order valence-corrected chi connectivity index (χ0v) is 18.4. The van der Waals surface area contributed by atoms with Crippen molar-refractivity contribution in [2.75, 3.05) is 19.0 Å². The molecule has 2 atom stereocenters. The molecule has 0 bridgehead atoms. The Morgan fingerprint density at radius 3 is 2.71 bits per heavy atom. The summed E-state index contributed by atoms with van der Waals surface area (Å²) in [5, 5.41) is 2.59. The highest BCUT2D eigenvalue weighted by atomic mass is 79.9. The number of Topliss-reactive ketones (excluding diaryl/α,β-unsaturated/α-hetero) is 1. The van der Waals surface area contributed by atoms with Crippen molar-refractivity contribution >= 4 is 45.3 Å². The molecular weight excluding hydrogens is 475 g/mol. The van der Waals surface area contributed by atoms with E-state index in [0.717, 1.165) is 4.90 Å². The SMILES string of the molecule is COC(=O)c1cc(C(C)=O)cn1CC(=O)N1C[C@H](F)C[C@H]1C(=O)Nc1cccc(Br)n1. The minimum atomic E-state index is -1.37. The average molecular weight is 495 g/mol. The van der Waals surface area contributed by atoms with Crippen LogP contribution in [0.25, 0.3) is 0 Å². The summed E-state index contributed by atoms with van der Waals surface area (Å²) in [4.78, 5) is 54.5. The molecule has 0 aromatic carbocycles. The molecular formula is C20H20BrFN4O5. The van der Waals surface area contributed by atoms with Gasteiger partial charge in [-0.3, -0.25) is 14.4 Å². The molecule has 1 N–H and O–H groups in total. The number of amides is 2. The molecule has 0 radical (unpaired) electrons. The van der Waals surface area contributed by atoms with Gasteiger partial charge >= 0.3 is 5.97 Å². The van der Waals surface area contributed by atoms with Crippen LogP contribution in [0.5, 0.6) is 0 Å². The summed E-state index contributed by atoms with van der Waals surface area (Å²) in [5.74, 6) is -1.89. The number of carbonyl (C=O) groups excluding carboxylic acids is 4. The molecule has 31 heavy (non-hydrogen) atoms. The predicted octanol–water partition coefficient (Wildman–Crippen LogP) is 2.21. The molecule has 1 saturated heterocycles. The Labute approximate surface area is 185 Å². The third-order valence-corrected chi connectivity index (χ3v) is 5.28. The van der Waals surface area contributed by atoms with E-state index in [9.17, 15) is 23.6 Å². The van der Waals surface area contributed by atoms with Crippen LogP contribution < -0.4 is 5.32 Å². The maximum Gasteiger partial charge on any atom is 0.354 e. The van der Waals surface area contributed by atoms with Gasteiger partial charge in [0.2, 0.25) is 11.8 Å². The quantitative estimate of drug-likeness (QED) is 0.374. The summed E-state index contributed by atoms with van der Waals surface area (Å²) in [6.07, 6.45) is -0.164. The number of nitrogens with zero attached hydrogens (tertiary/aromatic N) is 3. The van der Waals surface area contributed by atoms with E-state index in [4.69, 9.17) is 4.74 Å². The Hall–Kier alpha value is -3.08. The van der Waals surface area contributed by atoms with Gasteiger partial charge in [0.1, 0.15) is 34.9 Å². The molecule has 2 aromatic rings. The van der Waals surface area contributed by atoms with Crippen LogP contribution in [-0.4, -0.2) is 63.9 Å². The first-order valence-electron chi connectivity index (χ1n) is 9.36. The predicted molar refractivity (Wildman–Crippen MR) is 111 cm³/mol. The molecule has 11 heteroatoms. The molecule has 0 unspecified atom stereocenters. The van der Waals surface area contributed by atoms with E-state index in [-0.39, 0.29) is 42.4 Å². The Kier molecular flexibility index (Phi) is 6.84. The number of alkyl halides is 1. The number of ketones is 1. The number of aromatic nitrogens is 2. The van der Waals surface area contributed by atoms with E-state index < -0.39 is 30.0 Å². The molecule has 0 saturated carbocycles. The summed E-state index contributed by atoms with van der Waals surface area (Å²) in [5.41, 5.74) is 0.240. The number of anilines is 1. The van der Waals surface area contributed by atoms with Gasteiger partial charge in [-0.25, -0.2) is 14.2 Å². The molecule has 0 aliphatic carbocycles. The summed E-state index contributed by atoms with van der Waals surface area (Å²) in [6.45, 7) is 0.716. The van der Waals surface area contributed by atoms with Gasteiger partial charge in [-0.1, -0.05) is 6.07 Å². The molecule has 2 aromatic heterocycles. The van der Waals surface area contributed by atoms with Crippen molar-refractivity contribution in [1.82, 2.24) is 14.5 Å². The minimum Gasteiger partial charge on any atom is -0.464 e. The van der Waals surface area contributed by atoms with Gasteiger partial charge in [0.05, 0.1) is 13.7 Å². The number of pyridine rings is 1. The van der Waals surface area contributed by atoms with Crippen LogP contribution in [0.3, 0.4) is 0 Å². The van der Waals surface area contributed by atoms with Crippen molar-refractivity contribution in [2.45, 2.75) is 32.1 Å². The smallest absolute Gasteiger partial charge is 0.354 e. The number of likely N-dealkylation sites (tertiary alicyclic amines) is 1. The van der Waals surface area contributed by atoms with E-state index in [0.29, 0.717) is 4.60 Å². The summed E-state index contributed by atoms with van der Waals surface area (Å²) >= 11 is 3.20. The number of methoxy groups -OCH3 is 1. The van der Waals surface area contributed by atoms with E-state index in [1.165, 1.54) is 30.9 Å². The topological polar surface area (TPSA) is 111 Å². The highest BCUT2D eigenvalue weighted by Crippen LogP contribution is 2.23. The van der Waals surface area contributed by atoms with E-state index >= 15 is 0 Å². The Balaban J connectivity index is 1.79. The second-order valence-corrected chi connectivity index (χ2v) is 7.83. The van der Waals surface area contributed by atoms with Gasteiger partial charge in [-0.15, -0.1) is 0 Å². The molecule has 1 fully saturated rings. The molecule has 1 aliphatic heterocycles. The molecule has 2 amide bonds. The summed E-state index contributed by atoms with van der Waals surface area (Å²) in [6, 6.07) is 5.22. The lowest BCUT2D eigenvalue weighted by Gasteiger charge is -2.24. The van der Waals surface area contributed by atoms with Crippen molar-refractivity contribution in [3.8, 4) is 0 Å². The largest absolute Gasteiger partial charge is 0.464 e. The number of esters is 1. The zero-order valence-electron chi connectivity index (χ0n) is 16.8. The number of carbonyl (C=O) groups is 4. The lowest BCUT2D eigenvalue weighted by molar-refractivity contribution is -0.137. The van der Waals surface area contributed by atoms with Crippen LogP contribution in [0.4, 0.5) is 10.2 Å². The van der Waals surface area contributed by atoms with Gasteiger partial charge in [0, 0.05) is 18.2 Å². The molecule has 3 heterocycles. The Bertz CT molecular complexity index is 1040. The monoisotopic (exact) mass is 494 g/mol. The molecule has 164 valence electrons. The second-order valence-electron chi connectivity index (χ2n) is 7.02. The minimum absolute atomic E-state index is 0.0105. The highest BCUT2D eigenvalue weighted by molar-refractivity contribution is 9.10. The first-order chi connectivity index (χ1) is 14.7. The zero-order chi connectivity index (χ0) is 22.7. The lowest BCUT2D eigenvalue weighted by Crippen LogP contribution is -2.44. The third-order valence-electron chi connectivity index (χ3n) is 4.84. The molecule has 3 rings (SSSR count). The van der Waals surface area contributed by atoms with Gasteiger partial charge in [-0.05, 0) is 41.1 Å². The number of nitrogens with one attached hydrogen (secondary N) is 1. The molecule has 0 spiro atoms. The fraction of sp³-hybridized carbons (Fsp3) is 0.350. The van der Waals surface area contributed by atoms with E-state index in [1.807, 2.05) is 0 Å². The maximum absolute atomic E-state index is 14.1. The van der Waals surface area contributed by atoms with E-state index in [1.54, 1.807) is 18.2 Å². The van der Waals surface area contributed by atoms with Gasteiger partial charge in [0.25, 0.3) is 0 Å². The van der Waals surface area contributed by atoms with Crippen molar-refractivity contribution in [1.29, 1.82) is 0 Å². The van der Waals surface area contributed by atoms with Crippen LogP contribution in [0.2, 0.25) is 0 Å². The van der Waals surface area contributed by atoms with Crippen molar-refractivity contribution in [3.05, 3.63) is 46.3 Å². The number of halogens is 2. The third kappa shape index (κ3) is 5.16. The first kappa shape index (κ1) is 22.6. The fourth-order valence-corrected chi connectivity index (χ4v) is 3.69.